The minimum atomic E-state index is -0.752. The molecule has 1 saturated heterocycles. The zero-order valence-corrected chi connectivity index (χ0v) is 17.9. The summed E-state index contributed by atoms with van der Waals surface area (Å²) in [6.45, 7) is 5.82. The third-order valence-electron chi connectivity index (χ3n) is 4.46. The number of hydrogen-bond donors (Lipinski definition) is 2. The van der Waals surface area contributed by atoms with Gasteiger partial charge in [0.25, 0.3) is 5.91 Å². The van der Waals surface area contributed by atoms with Crippen LogP contribution in [0.2, 0.25) is 0 Å². The Labute approximate surface area is 180 Å². The van der Waals surface area contributed by atoms with E-state index >= 15 is 0 Å². The lowest BCUT2D eigenvalue weighted by atomic mass is 9.93. The maximum atomic E-state index is 13.3. The number of guanidine groups is 1. The number of aliphatic imine (C=N–C) groups is 1. The summed E-state index contributed by atoms with van der Waals surface area (Å²) in [4.78, 5) is 23.1. The second kappa shape index (κ2) is 10.9. The molecule has 3 heterocycles. The molecule has 2 aromatic heterocycles. The van der Waals surface area contributed by atoms with E-state index in [2.05, 4.69) is 25.6 Å². The lowest BCUT2D eigenvalue weighted by Gasteiger charge is -2.20. The maximum absolute atomic E-state index is 13.3. The van der Waals surface area contributed by atoms with E-state index < -0.39 is 17.3 Å². The van der Waals surface area contributed by atoms with Gasteiger partial charge in [-0.15, -0.1) is 0 Å². The molecule has 4 rings (SSSR count). The van der Waals surface area contributed by atoms with E-state index in [0.717, 1.165) is 5.56 Å². The predicted octanol–water partition coefficient (Wildman–Crippen LogP) is 4.06. The Bertz CT molecular complexity index is 999. The van der Waals surface area contributed by atoms with Crippen molar-refractivity contribution in [3.8, 4) is 11.1 Å². The van der Waals surface area contributed by atoms with Gasteiger partial charge in [-0.05, 0) is 42.8 Å². The molecule has 1 aliphatic rings. The maximum Gasteiger partial charge on any atom is 0.256 e. The van der Waals surface area contributed by atoms with Crippen molar-refractivity contribution >= 4 is 11.9 Å². The molecule has 0 aliphatic carbocycles. The summed E-state index contributed by atoms with van der Waals surface area (Å²) in [7, 11) is 1.63. The van der Waals surface area contributed by atoms with Gasteiger partial charge in [0.05, 0.1) is 0 Å². The van der Waals surface area contributed by atoms with Crippen LogP contribution >= 0.6 is 0 Å². The van der Waals surface area contributed by atoms with Crippen molar-refractivity contribution in [3.63, 3.8) is 0 Å². The summed E-state index contributed by atoms with van der Waals surface area (Å²) in [5.74, 6) is -0.703. The van der Waals surface area contributed by atoms with Crippen molar-refractivity contribution < 1.29 is 13.6 Å². The number of rotatable bonds is 2. The molecular weight excluding hydrogens is 400 g/mol. The fraction of sp³-hybridized carbons (Fsp3) is 0.217. The van der Waals surface area contributed by atoms with Gasteiger partial charge in [-0.1, -0.05) is 32.0 Å². The zero-order valence-electron chi connectivity index (χ0n) is 17.9. The van der Waals surface area contributed by atoms with E-state index in [0.29, 0.717) is 5.96 Å². The minimum Gasteiger partial charge on any atom is -0.338 e. The van der Waals surface area contributed by atoms with Crippen molar-refractivity contribution in [1.82, 2.24) is 20.6 Å². The van der Waals surface area contributed by atoms with Gasteiger partial charge in [0.15, 0.2) is 5.96 Å². The van der Waals surface area contributed by atoms with Crippen molar-refractivity contribution in [2.24, 2.45) is 4.99 Å². The van der Waals surface area contributed by atoms with Crippen molar-refractivity contribution in [1.29, 1.82) is 0 Å². The van der Waals surface area contributed by atoms with Gasteiger partial charge >= 0.3 is 0 Å². The quantitative estimate of drug-likeness (QED) is 0.607. The molecule has 8 heteroatoms. The summed E-state index contributed by atoms with van der Waals surface area (Å²) in [5, 5.41) is 5.72. The number of carbonyl (C=O) groups is 1. The van der Waals surface area contributed by atoms with Crippen LogP contribution in [0.5, 0.6) is 0 Å². The highest BCUT2D eigenvalue weighted by Crippen LogP contribution is 2.24. The topological polar surface area (TPSA) is 79.3 Å². The summed E-state index contributed by atoms with van der Waals surface area (Å²) in [6.07, 6.45) is 4.66. The van der Waals surface area contributed by atoms with Crippen LogP contribution in [0.25, 0.3) is 11.1 Å². The molecule has 0 radical (unpaired) electrons. The van der Waals surface area contributed by atoms with Crippen molar-refractivity contribution in [2.45, 2.75) is 26.3 Å². The average Bonchev–Trinajstić information content (AvgIpc) is 3.12. The third-order valence-corrected chi connectivity index (χ3v) is 4.46. The number of amides is 1. The number of pyridine rings is 2. The Morgan fingerprint density at radius 1 is 0.935 bits per heavy atom. The molecular formula is C23H25F2N5O. The number of nitrogens with one attached hydrogen (secondary N) is 2. The van der Waals surface area contributed by atoms with Gasteiger partial charge in [-0.25, -0.2) is 9.37 Å². The van der Waals surface area contributed by atoms with E-state index in [1.165, 1.54) is 24.4 Å². The third kappa shape index (κ3) is 5.48. The van der Waals surface area contributed by atoms with Gasteiger partial charge < -0.3 is 5.32 Å². The van der Waals surface area contributed by atoms with Crippen LogP contribution in [0.15, 0.2) is 72.1 Å². The standard InChI is InChI=1S/C11H7F2N.C10H12N4O.C2H6/c12-10-6-2-1-4-8(10)9-5-3-7-14-11(9)13;1-10(7-3-5-12-6-4-7)8(15)13-9(11-2)14-10;1-2/h1-7H;3-6H,1-2H3,(H2,11,13,14,15);1-2H3. The van der Waals surface area contributed by atoms with E-state index in [9.17, 15) is 13.6 Å². The molecule has 31 heavy (non-hydrogen) atoms. The fourth-order valence-electron chi connectivity index (χ4n) is 2.82. The zero-order chi connectivity index (χ0) is 22.9. The summed E-state index contributed by atoms with van der Waals surface area (Å²) in [5.41, 5.74) is 0.537. The molecule has 0 bridgehead atoms. The molecule has 1 aromatic carbocycles. The largest absolute Gasteiger partial charge is 0.338 e. The lowest BCUT2D eigenvalue weighted by molar-refractivity contribution is -0.123. The van der Waals surface area contributed by atoms with Gasteiger partial charge in [-0.2, -0.15) is 4.39 Å². The molecule has 2 N–H and O–H groups in total. The molecule has 1 unspecified atom stereocenters. The number of nitrogens with zero attached hydrogens (tertiary/aromatic N) is 3. The highest BCUT2D eigenvalue weighted by atomic mass is 19.1. The number of benzene rings is 1. The van der Waals surface area contributed by atoms with Crippen LogP contribution in [-0.4, -0.2) is 28.9 Å². The van der Waals surface area contributed by atoms with Gasteiger partial charge in [0, 0.05) is 36.8 Å². The second-order valence-electron chi connectivity index (χ2n) is 6.33. The Morgan fingerprint density at radius 3 is 2.16 bits per heavy atom. The molecule has 1 aliphatic heterocycles. The van der Waals surface area contributed by atoms with Crippen molar-refractivity contribution in [3.05, 3.63) is 84.4 Å². The fourth-order valence-corrected chi connectivity index (χ4v) is 2.82. The molecule has 0 spiro atoms. The molecule has 1 atom stereocenters. The van der Waals surface area contributed by atoms with E-state index in [1.54, 1.807) is 37.6 Å². The first-order valence-corrected chi connectivity index (χ1v) is 9.78. The number of carbonyl (C=O) groups excluding carboxylic acids is 1. The Kier molecular flexibility index (Phi) is 8.31. The summed E-state index contributed by atoms with van der Waals surface area (Å²) in [6, 6.07) is 12.7. The first-order chi connectivity index (χ1) is 15.0. The average molecular weight is 425 g/mol. The molecule has 1 amide bonds. The number of aromatic nitrogens is 2. The van der Waals surface area contributed by atoms with Crippen LogP contribution in [-0.2, 0) is 10.3 Å². The number of halogens is 2. The highest BCUT2D eigenvalue weighted by molar-refractivity contribution is 6.09. The molecule has 0 saturated carbocycles. The van der Waals surface area contributed by atoms with Crippen LogP contribution in [0.3, 0.4) is 0 Å². The predicted molar refractivity (Wildman–Crippen MR) is 117 cm³/mol. The second-order valence-corrected chi connectivity index (χ2v) is 6.33. The van der Waals surface area contributed by atoms with Crippen LogP contribution in [0.1, 0.15) is 26.3 Å². The van der Waals surface area contributed by atoms with Crippen LogP contribution in [0.4, 0.5) is 8.78 Å². The van der Waals surface area contributed by atoms with E-state index in [1.807, 2.05) is 32.9 Å². The molecule has 6 nitrogen and oxygen atoms in total. The van der Waals surface area contributed by atoms with Gasteiger partial charge in [-0.3, -0.25) is 20.1 Å². The van der Waals surface area contributed by atoms with E-state index in [4.69, 9.17) is 0 Å². The number of hydrogen-bond acceptors (Lipinski definition) is 4. The lowest BCUT2D eigenvalue weighted by Crippen LogP contribution is -2.40. The van der Waals surface area contributed by atoms with Crippen LogP contribution < -0.4 is 10.6 Å². The Hall–Kier alpha value is -3.68. The molecule has 162 valence electrons. The van der Waals surface area contributed by atoms with Crippen molar-refractivity contribution in [2.75, 3.05) is 7.05 Å². The Balaban J connectivity index is 0.000000204. The smallest absolute Gasteiger partial charge is 0.256 e. The molecule has 1 fully saturated rings. The minimum absolute atomic E-state index is 0.102. The first kappa shape index (κ1) is 23.6. The van der Waals surface area contributed by atoms with Gasteiger partial charge in [0.1, 0.15) is 11.4 Å². The first-order valence-electron chi connectivity index (χ1n) is 9.78. The van der Waals surface area contributed by atoms with Crippen LogP contribution in [0, 0.1) is 11.8 Å². The summed E-state index contributed by atoms with van der Waals surface area (Å²) >= 11 is 0. The normalized spacial score (nSPS) is 18.1. The molecule has 3 aromatic rings. The monoisotopic (exact) mass is 425 g/mol. The van der Waals surface area contributed by atoms with Gasteiger partial charge in [0.2, 0.25) is 5.95 Å². The Morgan fingerprint density at radius 2 is 1.58 bits per heavy atom. The SMILES string of the molecule is CC.CN=C1NC(=O)C(C)(c2ccncc2)N1.Fc1ccccc1-c1cccnc1F. The highest BCUT2D eigenvalue weighted by Gasteiger charge is 2.42. The van der Waals surface area contributed by atoms with E-state index in [-0.39, 0.29) is 17.0 Å². The summed E-state index contributed by atoms with van der Waals surface area (Å²) < 4.78 is 26.4.